The molecule has 1 saturated heterocycles. The fourth-order valence-electron chi connectivity index (χ4n) is 3.45. The van der Waals surface area contributed by atoms with Crippen LogP contribution in [0, 0.1) is 0 Å². The summed E-state index contributed by atoms with van der Waals surface area (Å²) >= 11 is 0. The molecule has 24 heavy (non-hydrogen) atoms. The van der Waals surface area contributed by atoms with Crippen LogP contribution in [0.5, 0.6) is 0 Å². The number of carbonyl (C=O) groups excluding carboxylic acids is 2. The van der Waals surface area contributed by atoms with E-state index in [-0.39, 0.29) is 11.3 Å². The second-order valence-corrected chi connectivity index (χ2v) is 7.78. The lowest BCUT2D eigenvalue weighted by atomic mass is 9.94. The van der Waals surface area contributed by atoms with Crippen LogP contribution in [-0.2, 0) is 10.2 Å². The second kappa shape index (κ2) is 6.20. The van der Waals surface area contributed by atoms with Gasteiger partial charge in [0.2, 0.25) is 5.91 Å². The molecule has 5 nitrogen and oxygen atoms in total. The molecular weight excluding hydrogens is 302 g/mol. The van der Waals surface area contributed by atoms with Crippen molar-refractivity contribution in [3.05, 3.63) is 35.4 Å². The Kier molecular flexibility index (Phi) is 4.38. The molecule has 3 N–H and O–H groups in total. The van der Waals surface area contributed by atoms with E-state index in [4.69, 9.17) is 5.73 Å². The number of primary amides is 1. The molecular formula is C19H27N3O2. The molecule has 130 valence electrons. The highest BCUT2D eigenvalue weighted by Gasteiger charge is 2.45. The van der Waals surface area contributed by atoms with Crippen molar-refractivity contribution >= 4 is 11.8 Å². The van der Waals surface area contributed by atoms with E-state index in [1.807, 2.05) is 12.1 Å². The molecule has 1 heterocycles. The Labute approximate surface area is 143 Å². The Balaban J connectivity index is 1.67. The Morgan fingerprint density at radius 3 is 2.25 bits per heavy atom. The molecule has 2 amide bonds. The first kappa shape index (κ1) is 17.0. The van der Waals surface area contributed by atoms with E-state index in [0.717, 1.165) is 6.54 Å². The van der Waals surface area contributed by atoms with Crippen molar-refractivity contribution in [2.75, 3.05) is 19.6 Å². The van der Waals surface area contributed by atoms with Crippen molar-refractivity contribution in [1.29, 1.82) is 0 Å². The zero-order chi connectivity index (χ0) is 17.4. The maximum absolute atomic E-state index is 12.3. The van der Waals surface area contributed by atoms with Gasteiger partial charge in [0, 0.05) is 17.5 Å². The molecule has 1 aliphatic heterocycles. The smallest absolute Gasteiger partial charge is 0.252 e. The summed E-state index contributed by atoms with van der Waals surface area (Å²) in [6.07, 6.45) is 5.07. The highest BCUT2D eigenvalue weighted by molar-refractivity contribution is 5.98. The van der Waals surface area contributed by atoms with Gasteiger partial charge in [0.05, 0.1) is 0 Å². The molecule has 5 heteroatoms. The number of likely N-dealkylation sites (tertiary alicyclic amines) is 1. The third kappa shape index (κ3) is 3.46. The Morgan fingerprint density at radius 1 is 1.17 bits per heavy atom. The maximum atomic E-state index is 12.3. The molecule has 1 aliphatic carbocycles. The number of benzene rings is 1. The lowest BCUT2D eigenvalue weighted by Gasteiger charge is -2.24. The molecule has 0 radical (unpaired) electrons. The van der Waals surface area contributed by atoms with E-state index >= 15 is 0 Å². The van der Waals surface area contributed by atoms with Crippen LogP contribution >= 0.6 is 0 Å². The summed E-state index contributed by atoms with van der Waals surface area (Å²) < 4.78 is 0. The number of rotatable bonds is 6. The van der Waals surface area contributed by atoms with Gasteiger partial charge in [-0.2, -0.15) is 0 Å². The van der Waals surface area contributed by atoms with E-state index in [9.17, 15) is 9.59 Å². The first-order valence-electron chi connectivity index (χ1n) is 8.78. The van der Waals surface area contributed by atoms with Gasteiger partial charge < -0.3 is 16.0 Å². The molecule has 2 fully saturated rings. The fourth-order valence-corrected chi connectivity index (χ4v) is 3.45. The van der Waals surface area contributed by atoms with Crippen LogP contribution in [0.2, 0.25) is 0 Å². The van der Waals surface area contributed by atoms with Gasteiger partial charge in [-0.15, -0.1) is 0 Å². The molecule has 1 saturated carbocycles. The van der Waals surface area contributed by atoms with E-state index in [0.29, 0.717) is 5.56 Å². The monoisotopic (exact) mass is 329 g/mol. The molecule has 1 aromatic carbocycles. The fraction of sp³-hybridized carbons (Fsp3) is 0.579. The number of nitrogens with two attached hydrogens (primary N) is 1. The Morgan fingerprint density at radius 2 is 1.75 bits per heavy atom. The summed E-state index contributed by atoms with van der Waals surface area (Å²) in [7, 11) is 0. The molecule has 0 aromatic heterocycles. The molecule has 3 rings (SSSR count). The average Bonchev–Trinajstić information content (AvgIpc) is 3.13. The van der Waals surface area contributed by atoms with Crippen LogP contribution in [0.25, 0.3) is 0 Å². The molecule has 0 bridgehead atoms. The van der Waals surface area contributed by atoms with Crippen molar-refractivity contribution in [2.45, 2.75) is 50.5 Å². The van der Waals surface area contributed by atoms with Gasteiger partial charge in [-0.3, -0.25) is 9.59 Å². The van der Waals surface area contributed by atoms with Crippen molar-refractivity contribution in [2.24, 2.45) is 5.73 Å². The minimum Gasteiger partial charge on any atom is -0.368 e. The first-order chi connectivity index (χ1) is 11.3. The summed E-state index contributed by atoms with van der Waals surface area (Å²) in [5, 5.41) is 2.68. The number of nitrogens with zero attached hydrogens (tertiary/aromatic N) is 1. The zero-order valence-corrected chi connectivity index (χ0v) is 14.6. The number of amides is 2. The summed E-state index contributed by atoms with van der Waals surface area (Å²) in [6.45, 7) is 6.77. The molecule has 1 aromatic rings. The normalized spacial score (nSPS) is 19.9. The number of hydrogen-bond donors (Lipinski definition) is 2. The minimum absolute atomic E-state index is 0.269. The first-order valence-corrected chi connectivity index (χ1v) is 8.78. The lowest BCUT2D eigenvalue weighted by Crippen LogP contribution is -2.53. The van der Waals surface area contributed by atoms with Crippen molar-refractivity contribution < 1.29 is 9.59 Å². The predicted octanol–water partition coefficient (Wildman–Crippen LogP) is 1.81. The lowest BCUT2D eigenvalue weighted by molar-refractivity contribution is -0.122. The largest absolute Gasteiger partial charge is 0.368 e. The number of carbonyl (C=O) groups is 2. The van der Waals surface area contributed by atoms with Gasteiger partial charge in [-0.05, 0) is 70.3 Å². The Bertz CT molecular complexity index is 627. The quantitative estimate of drug-likeness (QED) is 0.836. The standard InChI is InChI=1S/C19H27N3O2/c1-18(2,17(20)24)21-16(23)14-5-7-15(8-6-14)19(9-10-19)13-22-11-3-4-12-22/h5-8H,3-4,9-13H2,1-2H3,(H2,20,24)(H,21,23). The van der Waals surface area contributed by atoms with E-state index < -0.39 is 11.4 Å². The van der Waals surface area contributed by atoms with Crippen LogP contribution in [-0.4, -0.2) is 41.9 Å². The van der Waals surface area contributed by atoms with Crippen molar-refractivity contribution in [3.63, 3.8) is 0 Å². The average molecular weight is 329 g/mol. The SMILES string of the molecule is CC(C)(NC(=O)c1ccc(C2(CN3CCCC3)CC2)cc1)C(N)=O. The highest BCUT2D eigenvalue weighted by Crippen LogP contribution is 2.49. The topological polar surface area (TPSA) is 75.4 Å². The molecule has 0 spiro atoms. The Hall–Kier alpha value is -1.88. The van der Waals surface area contributed by atoms with Gasteiger partial charge in [0.15, 0.2) is 0 Å². The molecule has 0 unspecified atom stereocenters. The van der Waals surface area contributed by atoms with Crippen molar-refractivity contribution in [1.82, 2.24) is 10.2 Å². The number of hydrogen-bond acceptors (Lipinski definition) is 3. The summed E-state index contributed by atoms with van der Waals surface area (Å²) in [5.74, 6) is -0.815. The summed E-state index contributed by atoms with van der Waals surface area (Å²) in [5.41, 5.74) is 6.42. The van der Waals surface area contributed by atoms with E-state index in [1.165, 1.54) is 44.3 Å². The van der Waals surface area contributed by atoms with Gasteiger partial charge in [-0.25, -0.2) is 0 Å². The van der Waals surface area contributed by atoms with Gasteiger partial charge in [-0.1, -0.05) is 12.1 Å². The predicted molar refractivity (Wildman–Crippen MR) is 93.8 cm³/mol. The summed E-state index contributed by atoms with van der Waals surface area (Å²) in [4.78, 5) is 26.2. The highest BCUT2D eigenvalue weighted by atomic mass is 16.2. The maximum Gasteiger partial charge on any atom is 0.252 e. The van der Waals surface area contributed by atoms with E-state index in [1.54, 1.807) is 13.8 Å². The minimum atomic E-state index is -1.05. The third-order valence-electron chi connectivity index (χ3n) is 5.38. The zero-order valence-electron chi connectivity index (χ0n) is 14.6. The molecule has 2 aliphatic rings. The van der Waals surface area contributed by atoms with Gasteiger partial charge >= 0.3 is 0 Å². The van der Waals surface area contributed by atoms with Gasteiger partial charge in [0.1, 0.15) is 5.54 Å². The summed E-state index contributed by atoms with van der Waals surface area (Å²) in [6, 6.07) is 7.84. The van der Waals surface area contributed by atoms with Crippen molar-refractivity contribution in [3.8, 4) is 0 Å². The van der Waals surface area contributed by atoms with Crippen LogP contribution in [0.15, 0.2) is 24.3 Å². The number of nitrogens with one attached hydrogen (secondary N) is 1. The van der Waals surface area contributed by atoms with Crippen LogP contribution < -0.4 is 11.1 Å². The molecule has 0 atom stereocenters. The van der Waals surface area contributed by atoms with Gasteiger partial charge in [0.25, 0.3) is 5.91 Å². The van der Waals surface area contributed by atoms with E-state index in [2.05, 4.69) is 22.3 Å². The van der Waals surface area contributed by atoms with Crippen LogP contribution in [0.1, 0.15) is 55.5 Å². The van der Waals surface area contributed by atoms with Crippen LogP contribution in [0.3, 0.4) is 0 Å². The third-order valence-corrected chi connectivity index (χ3v) is 5.38. The second-order valence-electron chi connectivity index (χ2n) is 7.78. The van der Waals surface area contributed by atoms with Crippen LogP contribution in [0.4, 0.5) is 0 Å².